The SMILES string of the molecule is CC1CCCC(C)(C)C1CCC(C)[N+](C)(C)CC#CC[N+](C)(C)C(C)CCC1C(C)CCCC1(C)C. The van der Waals surface area contributed by atoms with E-state index in [1.54, 1.807) is 0 Å². The predicted molar refractivity (Wildman–Crippen MR) is 160 cm³/mol. The van der Waals surface area contributed by atoms with E-state index in [0.717, 1.165) is 45.7 Å². The number of hydrogen-bond donors (Lipinski definition) is 0. The predicted octanol–water partition coefficient (Wildman–Crippen LogP) is 8.40. The van der Waals surface area contributed by atoms with Crippen molar-refractivity contribution in [2.75, 3.05) is 41.3 Å². The first-order valence-corrected chi connectivity index (χ1v) is 15.6. The van der Waals surface area contributed by atoms with Crippen LogP contribution in [0.1, 0.15) is 120 Å². The number of quaternary nitrogens is 2. The van der Waals surface area contributed by atoms with Crippen LogP contribution in [0.2, 0.25) is 0 Å². The van der Waals surface area contributed by atoms with Crippen LogP contribution in [0.15, 0.2) is 0 Å². The van der Waals surface area contributed by atoms with Crippen molar-refractivity contribution in [3.8, 4) is 11.8 Å². The lowest BCUT2D eigenvalue weighted by Gasteiger charge is -2.44. The third-order valence-electron chi connectivity index (χ3n) is 11.6. The molecule has 0 aromatic heterocycles. The fourth-order valence-electron chi connectivity index (χ4n) is 7.79. The van der Waals surface area contributed by atoms with Crippen LogP contribution in [0.5, 0.6) is 0 Å². The highest BCUT2D eigenvalue weighted by Crippen LogP contribution is 2.47. The molecule has 2 fully saturated rings. The summed E-state index contributed by atoms with van der Waals surface area (Å²) < 4.78 is 2.04. The van der Waals surface area contributed by atoms with Gasteiger partial charge in [0.05, 0.1) is 40.3 Å². The summed E-state index contributed by atoms with van der Waals surface area (Å²) in [6.45, 7) is 21.9. The minimum atomic E-state index is 0.513. The molecule has 2 nitrogen and oxygen atoms in total. The number of nitrogens with zero attached hydrogens (tertiary/aromatic N) is 2. The van der Waals surface area contributed by atoms with Crippen molar-refractivity contribution in [1.82, 2.24) is 0 Å². The average Bonchev–Trinajstić information content (AvgIpc) is 2.74. The molecule has 2 aliphatic carbocycles. The van der Waals surface area contributed by atoms with Gasteiger partial charge in [-0.15, -0.1) is 0 Å². The summed E-state index contributed by atoms with van der Waals surface area (Å²) in [7, 11) is 9.57. The summed E-state index contributed by atoms with van der Waals surface area (Å²) in [5, 5.41) is 0. The van der Waals surface area contributed by atoms with Gasteiger partial charge in [0.25, 0.3) is 0 Å². The van der Waals surface area contributed by atoms with Crippen molar-refractivity contribution in [1.29, 1.82) is 0 Å². The molecule has 210 valence electrons. The molecule has 0 heterocycles. The maximum Gasteiger partial charge on any atom is 0.140 e. The van der Waals surface area contributed by atoms with Gasteiger partial charge >= 0.3 is 0 Å². The molecule has 6 atom stereocenters. The Hall–Kier alpha value is -0.520. The summed E-state index contributed by atoms with van der Waals surface area (Å²) in [6.07, 6.45) is 13.9. The van der Waals surface area contributed by atoms with Crippen molar-refractivity contribution in [3.05, 3.63) is 0 Å². The molecule has 0 aromatic carbocycles. The maximum absolute atomic E-state index is 3.61. The standard InChI is InChI=1S/C34H66N2/c1-27-17-15-23-33(5,6)31(27)21-19-29(3)35(9,10)25-13-14-26-36(11,12)30(4)20-22-32-28(2)18-16-24-34(32,7)8/h27-32H,15-26H2,1-12H3/q+2. The van der Waals surface area contributed by atoms with Gasteiger partial charge in [-0.05, 0) is 98.7 Å². The second kappa shape index (κ2) is 12.6. The fraction of sp³-hybridized carbons (Fsp3) is 0.941. The summed E-state index contributed by atoms with van der Waals surface area (Å²) in [5.41, 5.74) is 1.03. The van der Waals surface area contributed by atoms with E-state index in [9.17, 15) is 0 Å². The Morgan fingerprint density at radius 2 is 1.00 bits per heavy atom. The van der Waals surface area contributed by atoms with Crippen LogP contribution in [0.3, 0.4) is 0 Å². The van der Waals surface area contributed by atoms with Crippen LogP contribution < -0.4 is 0 Å². The minimum Gasteiger partial charge on any atom is -0.316 e. The monoisotopic (exact) mass is 503 g/mol. The molecule has 36 heavy (non-hydrogen) atoms. The first-order valence-electron chi connectivity index (χ1n) is 15.6. The molecule has 0 saturated heterocycles. The quantitative estimate of drug-likeness (QED) is 0.208. The van der Waals surface area contributed by atoms with E-state index in [1.807, 2.05) is 0 Å². The van der Waals surface area contributed by atoms with Gasteiger partial charge in [-0.1, -0.05) is 67.2 Å². The molecule has 0 N–H and O–H groups in total. The third-order valence-corrected chi connectivity index (χ3v) is 11.6. The van der Waals surface area contributed by atoms with Crippen molar-refractivity contribution >= 4 is 0 Å². The van der Waals surface area contributed by atoms with Crippen molar-refractivity contribution in [3.63, 3.8) is 0 Å². The highest BCUT2D eigenvalue weighted by Gasteiger charge is 2.38. The first-order chi connectivity index (χ1) is 16.5. The Morgan fingerprint density at radius 1 is 0.667 bits per heavy atom. The van der Waals surface area contributed by atoms with E-state index in [-0.39, 0.29) is 0 Å². The van der Waals surface area contributed by atoms with Gasteiger partial charge in [-0.3, -0.25) is 0 Å². The van der Waals surface area contributed by atoms with Gasteiger partial charge in [0, 0.05) is 0 Å². The Morgan fingerprint density at radius 3 is 1.31 bits per heavy atom. The molecule has 2 saturated carbocycles. The molecule has 6 unspecified atom stereocenters. The highest BCUT2D eigenvalue weighted by molar-refractivity contribution is 5.00. The number of hydrogen-bond acceptors (Lipinski definition) is 0. The van der Waals surface area contributed by atoms with E-state index in [4.69, 9.17) is 0 Å². The largest absolute Gasteiger partial charge is 0.316 e. The molecular weight excluding hydrogens is 436 g/mol. The summed E-state index contributed by atoms with van der Waals surface area (Å²) in [4.78, 5) is 0. The van der Waals surface area contributed by atoms with Crippen LogP contribution >= 0.6 is 0 Å². The summed E-state index contributed by atoms with van der Waals surface area (Å²) >= 11 is 0. The zero-order valence-electron chi connectivity index (χ0n) is 26.8. The molecule has 0 bridgehead atoms. The van der Waals surface area contributed by atoms with Gasteiger partial charge in [-0.2, -0.15) is 0 Å². The van der Waals surface area contributed by atoms with Crippen molar-refractivity contribution in [2.45, 2.75) is 132 Å². The topological polar surface area (TPSA) is 0 Å². The van der Waals surface area contributed by atoms with Crippen LogP contribution in [-0.4, -0.2) is 62.3 Å². The van der Waals surface area contributed by atoms with E-state index in [2.05, 4.69) is 95.4 Å². The van der Waals surface area contributed by atoms with Crippen molar-refractivity contribution < 1.29 is 8.97 Å². The van der Waals surface area contributed by atoms with Crippen LogP contribution in [0.4, 0.5) is 0 Å². The molecule has 0 aromatic rings. The van der Waals surface area contributed by atoms with Crippen molar-refractivity contribution in [2.24, 2.45) is 34.5 Å². The second-order valence-corrected chi connectivity index (χ2v) is 16.0. The normalized spacial score (nSPS) is 30.2. The average molecular weight is 503 g/mol. The molecular formula is C34H66N2+2. The fourth-order valence-corrected chi connectivity index (χ4v) is 7.79. The Balaban J connectivity index is 1.83. The second-order valence-electron chi connectivity index (χ2n) is 16.0. The number of rotatable bonds is 10. The lowest BCUT2D eigenvalue weighted by atomic mass is 9.62. The van der Waals surface area contributed by atoms with Gasteiger partial charge < -0.3 is 8.97 Å². The first kappa shape index (κ1) is 31.7. The van der Waals surface area contributed by atoms with Gasteiger partial charge in [0.15, 0.2) is 0 Å². The molecule has 2 aliphatic rings. The lowest BCUT2D eigenvalue weighted by Crippen LogP contribution is -2.49. The van der Waals surface area contributed by atoms with E-state index in [0.29, 0.717) is 22.9 Å². The van der Waals surface area contributed by atoms with Crippen LogP contribution in [0, 0.1) is 46.3 Å². The molecule has 2 rings (SSSR count). The van der Waals surface area contributed by atoms with Crippen LogP contribution in [-0.2, 0) is 0 Å². The smallest absolute Gasteiger partial charge is 0.140 e. The van der Waals surface area contributed by atoms with E-state index in [1.165, 1.54) is 64.2 Å². The van der Waals surface area contributed by atoms with Gasteiger partial charge in [0.2, 0.25) is 0 Å². The van der Waals surface area contributed by atoms with Crippen LogP contribution in [0.25, 0.3) is 0 Å². The third kappa shape index (κ3) is 8.50. The zero-order valence-corrected chi connectivity index (χ0v) is 26.8. The highest BCUT2D eigenvalue weighted by atomic mass is 15.3. The maximum atomic E-state index is 3.61. The zero-order chi connectivity index (χ0) is 27.4. The van der Waals surface area contributed by atoms with E-state index < -0.39 is 0 Å². The Labute approximate surface area is 228 Å². The molecule has 0 aliphatic heterocycles. The Bertz CT molecular complexity index is 674. The van der Waals surface area contributed by atoms with Gasteiger partial charge in [0.1, 0.15) is 13.1 Å². The lowest BCUT2D eigenvalue weighted by molar-refractivity contribution is -0.908. The van der Waals surface area contributed by atoms with E-state index >= 15 is 0 Å². The molecule has 2 heteroatoms. The summed E-state index contributed by atoms with van der Waals surface area (Å²) in [6, 6.07) is 1.32. The molecule has 0 spiro atoms. The molecule has 0 radical (unpaired) electrons. The van der Waals surface area contributed by atoms with Gasteiger partial charge in [-0.25, -0.2) is 0 Å². The molecule has 0 amide bonds. The summed E-state index contributed by atoms with van der Waals surface area (Å²) in [5.74, 6) is 10.7. The minimum absolute atomic E-state index is 0.513. The Kier molecular flexibility index (Phi) is 11.1.